The van der Waals surface area contributed by atoms with Crippen LogP contribution in [0.1, 0.15) is 48.2 Å². The van der Waals surface area contributed by atoms with E-state index >= 15 is 0 Å². The summed E-state index contributed by atoms with van der Waals surface area (Å²) in [5.74, 6) is 0. The maximum absolute atomic E-state index is 5.49. The third-order valence-corrected chi connectivity index (χ3v) is 4.98. The van der Waals surface area contributed by atoms with E-state index in [1.165, 1.54) is 36.8 Å². The Bertz CT molecular complexity index is 712. The number of thiocarbonyl (C=S) groups is 1. The van der Waals surface area contributed by atoms with Gasteiger partial charge in [0.15, 0.2) is 5.11 Å². The molecule has 0 unspecified atom stereocenters. The first-order valence-corrected chi connectivity index (χ1v) is 9.11. The van der Waals surface area contributed by atoms with E-state index in [0.29, 0.717) is 11.2 Å². The summed E-state index contributed by atoms with van der Waals surface area (Å²) in [4.78, 5) is 0. The lowest BCUT2D eigenvalue weighted by Gasteiger charge is -2.16. The SMILES string of the molecule is Cc1ccc(Cn2nc(C)c(NC(=S)NC3CCCC3)c2C)cc1. The van der Waals surface area contributed by atoms with Crippen LogP contribution in [0.5, 0.6) is 0 Å². The molecule has 2 N–H and O–H groups in total. The summed E-state index contributed by atoms with van der Waals surface area (Å²) < 4.78 is 2.04. The van der Waals surface area contributed by atoms with Crippen molar-refractivity contribution in [2.24, 2.45) is 0 Å². The normalized spacial score (nSPS) is 14.8. The van der Waals surface area contributed by atoms with E-state index in [1.54, 1.807) is 0 Å². The van der Waals surface area contributed by atoms with Crippen LogP contribution in [0, 0.1) is 20.8 Å². The van der Waals surface area contributed by atoms with Gasteiger partial charge in [0.25, 0.3) is 0 Å². The summed E-state index contributed by atoms with van der Waals surface area (Å²) in [6, 6.07) is 9.12. The van der Waals surface area contributed by atoms with E-state index in [1.807, 2.05) is 11.6 Å². The maximum Gasteiger partial charge on any atom is 0.171 e. The van der Waals surface area contributed by atoms with Gasteiger partial charge >= 0.3 is 0 Å². The number of nitrogens with zero attached hydrogens (tertiary/aromatic N) is 2. The third kappa shape index (κ3) is 3.96. The number of hydrogen-bond acceptors (Lipinski definition) is 2. The molecule has 1 aliphatic carbocycles. The van der Waals surface area contributed by atoms with Crippen molar-refractivity contribution in [3.8, 4) is 0 Å². The second-order valence-electron chi connectivity index (χ2n) is 6.77. The van der Waals surface area contributed by atoms with Gasteiger partial charge in [0.2, 0.25) is 0 Å². The average Bonchev–Trinajstić information content (AvgIpc) is 3.14. The Morgan fingerprint density at radius 1 is 1.17 bits per heavy atom. The molecular weight excluding hydrogens is 316 g/mol. The van der Waals surface area contributed by atoms with Gasteiger partial charge in [-0.15, -0.1) is 0 Å². The third-order valence-electron chi connectivity index (χ3n) is 4.76. The van der Waals surface area contributed by atoms with Gasteiger partial charge < -0.3 is 10.6 Å². The van der Waals surface area contributed by atoms with Crippen LogP contribution in [0.25, 0.3) is 0 Å². The second-order valence-corrected chi connectivity index (χ2v) is 7.18. The van der Waals surface area contributed by atoms with Gasteiger partial charge in [-0.05, 0) is 51.4 Å². The summed E-state index contributed by atoms with van der Waals surface area (Å²) >= 11 is 5.49. The highest BCUT2D eigenvalue weighted by Gasteiger charge is 2.17. The quantitative estimate of drug-likeness (QED) is 0.822. The van der Waals surface area contributed by atoms with Crippen LogP contribution >= 0.6 is 12.2 Å². The molecule has 3 rings (SSSR count). The van der Waals surface area contributed by atoms with Crippen molar-refractivity contribution >= 4 is 23.0 Å². The summed E-state index contributed by atoms with van der Waals surface area (Å²) in [7, 11) is 0. The second kappa shape index (κ2) is 7.34. The molecule has 128 valence electrons. The molecule has 4 nitrogen and oxygen atoms in total. The summed E-state index contributed by atoms with van der Waals surface area (Å²) in [5.41, 5.74) is 5.65. The Morgan fingerprint density at radius 2 is 1.83 bits per heavy atom. The Kier molecular flexibility index (Phi) is 5.19. The molecule has 0 amide bonds. The molecule has 0 aliphatic heterocycles. The van der Waals surface area contributed by atoms with Crippen LogP contribution in [0.4, 0.5) is 5.69 Å². The minimum absolute atomic E-state index is 0.521. The first-order valence-electron chi connectivity index (χ1n) is 8.70. The van der Waals surface area contributed by atoms with Gasteiger partial charge in [-0.2, -0.15) is 5.10 Å². The molecule has 0 saturated heterocycles. The molecule has 1 heterocycles. The van der Waals surface area contributed by atoms with Crippen molar-refractivity contribution in [3.63, 3.8) is 0 Å². The van der Waals surface area contributed by atoms with Crippen LogP contribution in [0.2, 0.25) is 0 Å². The van der Waals surface area contributed by atoms with Gasteiger partial charge in [-0.25, -0.2) is 0 Å². The molecule has 0 radical (unpaired) electrons. The summed E-state index contributed by atoms with van der Waals surface area (Å²) in [6.45, 7) is 7.00. The molecule has 1 aromatic heterocycles. The van der Waals surface area contributed by atoms with E-state index < -0.39 is 0 Å². The number of anilines is 1. The highest BCUT2D eigenvalue weighted by atomic mass is 32.1. The zero-order valence-corrected chi connectivity index (χ0v) is 15.5. The van der Waals surface area contributed by atoms with Crippen LogP contribution in [-0.4, -0.2) is 20.9 Å². The first-order chi connectivity index (χ1) is 11.5. The van der Waals surface area contributed by atoms with Crippen molar-refractivity contribution in [2.75, 3.05) is 5.32 Å². The molecular formula is C19H26N4S. The fraction of sp³-hybridized carbons (Fsp3) is 0.474. The average molecular weight is 343 g/mol. The minimum atomic E-state index is 0.521. The molecule has 24 heavy (non-hydrogen) atoms. The van der Waals surface area contributed by atoms with Crippen LogP contribution in [0.3, 0.4) is 0 Å². The molecule has 0 spiro atoms. The van der Waals surface area contributed by atoms with Gasteiger partial charge in [0, 0.05) is 6.04 Å². The highest BCUT2D eigenvalue weighted by molar-refractivity contribution is 7.80. The Morgan fingerprint density at radius 3 is 2.50 bits per heavy atom. The first kappa shape index (κ1) is 17.0. The van der Waals surface area contributed by atoms with E-state index in [-0.39, 0.29) is 0 Å². The lowest BCUT2D eigenvalue weighted by molar-refractivity contribution is 0.634. The number of aromatic nitrogens is 2. The van der Waals surface area contributed by atoms with Crippen LogP contribution in [0.15, 0.2) is 24.3 Å². The van der Waals surface area contributed by atoms with Crippen LogP contribution in [-0.2, 0) is 6.54 Å². The van der Waals surface area contributed by atoms with E-state index in [9.17, 15) is 0 Å². The fourth-order valence-corrected chi connectivity index (χ4v) is 3.57. The Labute approximate surface area is 149 Å². The van der Waals surface area contributed by atoms with Crippen molar-refractivity contribution in [3.05, 3.63) is 46.8 Å². The number of hydrogen-bond donors (Lipinski definition) is 2. The number of benzene rings is 1. The topological polar surface area (TPSA) is 41.9 Å². The molecule has 5 heteroatoms. The van der Waals surface area contributed by atoms with Gasteiger partial charge in [-0.1, -0.05) is 42.7 Å². The van der Waals surface area contributed by atoms with Crippen molar-refractivity contribution in [1.82, 2.24) is 15.1 Å². The predicted molar refractivity (Wildman–Crippen MR) is 104 cm³/mol. The Balaban J connectivity index is 1.69. The van der Waals surface area contributed by atoms with Gasteiger partial charge in [-0.3, -0.25) is 4.68 Å². The number of aryl methyl sites for hydroxylation is 2. The lowest BCUT2D eigenvalue weighted by atomic mass is 10.1. The predicted octanol–water partition coefficient (Wildman–Crippen LogP) is 4.09. The Hall–Kier alpha value is -1.88. The smallest absolute Gasteiger partial charge is 0.171 e. The zero-order valence-electron chi connectivity index (χ0n) is 14.7. The van der Waals surface area contributed by atoms with E-state index in [4.69, 9.17) is 12.2 Å². The summed E-state index contributed by atoms with van der Waals surface area (Å²) in [5, 5.41) is 12.2. The summed E-state index contributed by atoms with van der Waals surface area (Å²) in [6.07, 6.45) is 5.03. The molecule has 0 bridgehead atoms. The van der Waals surface area contributed by atoms with E-state index in [2.05, 4.69) is 53.8 Å². The van der Waals surface area contributed by atoms with Crippen molar-refractivity contribution in [2.45, 2.75) is 59.0 Å². The molecule has 0 atom stereocenters. The number of nitrogens with one attached hydrogen (secondary N) is 2. The molecule has 1 aromatic carbocycles. The van der Waals surface area contributed by atoms with Crippen molar-refractivity contribution in [1.29, 1.82) is 0 Å². The lowest BCUT2D eigenvalue weighted by Crippen LogP contribution is -2.36. The van der Waals surface area contributed by atoms with Gasteiger partial charge in [0.1, 0.15) is 0 Å². The maximum atomic E-state index is 5.49. The van der Waals surface area contributed by atoms with Crippen LogP contribution < -0.4 is 10.6 Å². The minimum Gasteiger partial charge on any atom is -0.360 e. The monoisotopic (exact) mass is 342 g/mol. The van der Waals surface area contributed by atoms with Gasteiger partial charge in [0.05, 0.1) is 23.6 Å². The fourth-order valence-electron chi connectivity index (χ4n) is 3.30. The zero-order chi connectivity index (χ0) is 17.1. The van der Waals surface area contributed by atoms with Crippen molar-refractivity contribution < 1.29 is 0 Å². The molecule has 1 saturated carbocycles. The standard InChI is InChI=1S/C19H26N4S/c1-13-8-10-16(11-9-13)12-23-15(3)18(14(2)22-23)21-19(24)20-17-6-4-5-7-17/h8-11,17H,4-7,12H2,1-3H3,(H2,20,21,24). The number of rotatable bonds is 4. The largest absolute Gasteiger partial charge is 0.360 e. The van der Waals surface area contributed by atoms with E-state index in [0.717, 1.165) is 23.6 Å². The molecule has 1 aliphatic rings. The molecule has 2 aromatic rings. The molecule has 1 fully saturated rings. The highest BCUT2D eigenvalue weighted by Crippen LogP contribution is 2.22.